The normalized spacial score (nSPS) is 15.8. The highest BCUT2D eigenvalue weighted by molar-refractivity contribution is 8.26. The number of benzene rings is 1. The topological polar surface area (TPSA) is 96.6 Å². The van der Waals surface area contributed by atoms with Crippen LogP contribution in [0.25, 0.3) is 6.08 Å². The maximum atomic E-state index is 12.6. The van der Waals surface area contributed by atoms with Gasteiger partial charge in [0.25, 0.3) is 5.91 Å². The molecule has 1 N–H and O–H groups in total. The first-order valence-corrected chi connectivity index (χ1v) is 8.30. The Balaban J connectivity index is 1.85. The Morgan fingerprint density at radius 2 is 2.20 bits per heavy atom. The summed E-state index contributed by atoms with van der Waals surface area (Å²) in [6.07, 6.45) is 4.83. The van der Waals surface area contributed by atoms with E-state index in [2.05, 4.69) is 4.98 Å². The van der Waals surface area contributed by atoms with E-state index in [4.69, 9.17) is 12.2 Å². The van der Waals surface area contributed by atoms with Crippen LogP contribution in [-0.4, -0.2) is 30.1 Å². The summed E-state index contributed by atoms with van der Waals surface area (Å²) in [6.45, 7) is 0.311. The zero-order valence-electron chi connectivity index (χ0n) is 12.7. The highest BCUT2D eigenvalue weighted by Crippen LogP contribution is 2.35. The molecule has 1 aliphatic rings. The Kier molecular flexibility index (Phi) is 4.77. The van der Waals surface area contributed by atoms with E-state index < -0.39 is 16.4 Å². The zero-order valence-corrected chi connectivity index (χ0v) is 14.3. The summed E-state index contributed by atoms with van der Waals surface area (Å²) < 4.78 is 0.411. The number of phenols is 1. The highest BCUT2D eigenvalue weighted by Gasteiger charge is 2.32. The zero-order chi connectivity index (χ0) is 18.0. The van der Waals surface area contributed by atoms with Crippen LogP contribution in [0.2, 0.25) is 0 Å². The van der Waals surface area contributed by atoms with Crippen LogP contribution < -0.4 is 0 Å². The maximum Gasteiger partial charge on any atom is 0.311 e. The lowest BCUT2D eigenvalue weighted by molar-refractivity contribution is -0.385. The number of carbonyl (C=O) groups is 1. The van der Waals surface area contributed by atoms with Gasteiger partial charge in [-0.1, -0.05) is 36.1 Å². The molecule has 1 aromatic heterocycles. The van der Waals surface area contributed by atoms with Gasteiger partial charge in [-0.05, 0) is 29.3 Å². The van der Waals surface area contributed by atoms with Gasteiger partial charge >= 0.3 is 5.69 Å². The average molecular weight is 373 g/mol. The molecule has 7 nitrogen and oxygen atoms in total. The summed E-state index contributed by atoms with van der Waals surface area (Å²) >= 11 is 6.39. The first kappa shape index (κ1) is 17.1. The molecule has 0 aliphatic carbocycles. The van der Waals surface area contributed by atoms with Crippen LogP contribution in [0.5, 0.6) is 5.75 Å². The Morgan fingerprint density at radius 1 is 1.40 bits per heavy atom. The second kappa shape index (κ2) is 6.99. The van der Waals surface area contributed by atoms with E-state index in [1.807, 2.05) is 6.07 Å². The molecule has 25 heavy (non-hydrogen) atoms. The molecule has 1 fully saturated rings. The molecule has 2 heterocycles. The first-order chi connectivity index (χ1) is 12.0. The van der Waals surface area contributed by atoms with Crippen molar-refractivity contribution >= 4 is 46.0 Å². The minimum absolute atomic E-state index is 0.269. The molecule has 0 atom stereocenters. The monoisotopic (exact) mass is 373 g/mol. The molecule has 0 saturated carbocycles. The van der Waals surface area contributed by atoms with Crippen molar-refractivity contribution in [3.63, 3.8) is 0 Å². The highest BCUT2D eigenvalue weighted by atomic mass is 32.2. The van der Waals surface area contributed by atoms with Crippen LogP contribution in [0.3, 0.4) is 0 Å². The van der Waals surface area contributed by atoms with E-state index in [1.54, 1.807) is 18.5 Å². The first-order valence-electron chi connectivity index (χ1n) is 7.07. The van der Waals surface area contributed by atoms with Gasteiger partial charge in [-0.25, -0.2) is 0 Å². The second-order valence-corrected chi connectivity index (χ2v) is 6.81. The number of aromatic nitrogens is 1. The number of thiocarbonyl (C=S) groups is 1. The number of phenolic OH excluding ortho intramolecular Hbond substituents is 1. The standard InChI is InChI=1S/C16H11N3O4S2/c20-13-4-3-10(6-12(13)19(22)23)7-14-15(21)18(16(24)25-14)9-11-2-1-5-17-8-11/h1-8,20H,9H2/b14-7-. The summed E-state index contributed by atoms with van der Waals surface area (Å²) in [5.74, 6) is -0.694. The largest absolute Gasteiger partial charge is 0.502 e. The van der Waals surface area contributed by atoms with Crippen molar-refractivity contribution in [2.24, 2.45) is 0 Å². The van der Waals surface area contributed by atoms with E-state index in [9.17, 15) is 20.0 Å². The molecule has 0 radical (unpaired) electrons. The Bertz CT molecular complexity index is 900. The van der Waals surface area contributed by atoms with Crippen LogP contribution in [0, 0.1) is 10.1 Å². The summed E-state index contributed by atoms with van der Waals surface area (Å²) in [4.78, 5) is 28.6. The summed E-state index contributed by atoms with van der Waals surface area (Å²) in [5, 5.41) is 20.4. The number of aromatic hydroxyl groups is 1. The van der Waals surface area contributed by atoms with Crippen molar-refractivity contribution < 1.29 is 14.8 Å². The predicted octanol–water partition coefficient (Wildman–Crippen LogP) is 3.10. The minimum Gasteiger partial charge on any atom is -0.502 e. The minimum atomic E-state index is -0.680. The summed E-state index contributed by atoms with van der Waals surface area (Å²) in [6, 6.07) is 7.55. The van der Waals surface area contributed by atoms with Gasteiger partial charge in [-0.2, -0.15) is 0 Å². The number of nitro benzene ring substituents is 1. The van der Waals surface area contributed by atoms with Gasteiger partial charge in [0.1, 0.15) is 4.32 Å². The number of hydrogen-bond donors (Lipinski definition) is 1. The molecule has 3 rings (SSSR count). The number of amides is 1. The van der Waals surface area contributed by atoms with Crippen LogP contribution in [-0.2, 0) is 11.3 Å². The number of hydrogen-bond acceptors (Lipinski definition) is 7. The molecule has 2 aromatic rings. The van der Waals surface area contributed by atoms with Gasteiger partial charge in [-0.3, -0.25) is 24.8 Å². The predicted molar refractivity (Wildman–Crippen MR) is 97.7 cm³/mol. The second-order valence-electron chi connectivity index (χ2n) is 5.13. The van der Waals surface area contributed by atoms with Gasteiger partial charge in [0.2, 0.25) is 0 Å². The SMILES string of the molecule is O=C1/C(=C/c2ccc(O)c([N+](=O)[O-])c2)SC(=S)N1Cc1cccnc1. The lowest BCUT2D eigenvalue weighted by Gasteiger charge is -2.13. The lowest BCUT2D eigenvalue weighted by Crippen LogP contribution is -2.27. The molecule has 1 amide bonds. The number of nitrogens with zero attached hydrogens (tertiary/aromatic N) is 3. The molecule has 1 aliphatic heterocycles. The molecule has 1 aromatic carbocycles. The lowest BCUT2D eigenvalue weighted by atomic mass is 10.1. The fourth-order valence-electron chi connectivity index (χ4n) is 2.24. The third-order valence-electron chi connectivity index (χ3n) is 3.43. The molecule has 0 unspecified atom stereocenters. The van der Waals surface area contributed by atoms with E-state index >= 15 is 0 Å². The number of thioether (sulfide) groups is 1. The molecular formula is C16H11N3O4S2. The maximum absolute atomic E-state index is 12.6. The van der Waals surface area contributed by atoms with Gasteiger partial charge in [0, 0.05) is 18.5 Å². The number of rotatable bonds is 4. The van der Waals surface area contributed by atoms with Gasteiger partial charge in [-0.15, -0.1) is 0 Å². The molecule has 0 bridgehead atoms. The number of carbonyl (C=O) groups excluding carboxylic acids is 1. The Hall–Kier alpha value is -2.78. The Morgan fingerprint density at radius 3 is 2.88 bits per heavy atom. The van der Waals surface area contributed by atoms with Crippen molar-refractivity contribution in [3.8, 4) is 5.75 Å². The third-order valence-corrected chi connectivity index (χ3v) is 4.81. The number of nitro groups is 1. The van der Waals surface area contributed by atoms with Crippen molar-refractivity contribution in [1.29, 1.82) is 0 Å². The molecular weight excluding hydrogens is 362 g/mol. The molecule has 9 heteroatoms. The van der Waals surface area contributed by atoms with Crippen molar-refractivity contribution in [2.75, 3.05) is 0 Å². The van der Waals surface area contributed by atoms with Crippen LogP contribution in [0.4, 0.5) is 5.69 Å². The van der Waals surface area contributed by atoms with Gasteiger partial charge in [0.05, 0.1) is 16.4 Å². The van der Waals surface area contributed by atoms with Gasteiger partial charge in [0.15, 0.2) is 5.75 Å². The fraction of sp³-hybridized carbons (Fsp3) is 0.0625. The summed E-state index contributed by atoms with van der Waals surface area (Å²) in [5.41, 5.74) is 0.867. The van der Waals surface area contributed by atoms with E-state index in [-0.39, 0.29) is 5.91 Å². The third kappa shape index (κ3) is 3.67. The van der Waals surface area contributed by atoms with Crippen LogP contribution in [0.15, 0.2) is 47.6 Å². The van der Waals surface area contributed by atoms with Crippen molar-refractivity contribution in [2.45, 2.75) is 6.54 Å². The quantitative estimate of drug-likeness (QED) is 0.381. The van der Waals surface area contributed by atoms with Gasteiger partial charge < -0.3 is 5.11 Å². The van der Waals surface area contributed by atoms with E-state index in [0.29, 0.717) is 21.3 Å². The van der Waals surface area contributed by atoms with Crippen LogP contribution >= 0.6 is 24.0 Å². The fourth-order valence-corrected chi connectivity index (χ4v) is 3.49. The number of pyridine rings is 1. The Labute approximate surface area is 152 Å². The molecule has 126 valence electrons. The molecule has 0 spiro atoms. The van der Waals surface area contributed by atoms with Crippen LogP contribution in [0.1, 0.15) is 11.1 Å². The summed E-state index contributed by atoms with van der Waals surface area (Å²) in [7, 11) is 0. The van der Waals surface area contributed by atoms with Crippen molar-refractivity contribution in [3.05, 3.63) is 68.9 Å². The van der Waals surface area contributed by atoms with E-state index in [0.717, 1.165) is 17.3 Å². The van der Waals surface area contributed by atoms with E-state index in [1.165, 1.54) is 29.2 Å². The molecule has 1 saturated heterocycles. The van der Waals surface area contributed by atoms with Crippen molar-refractivity contribution in [1.82, 2.24) is 9.88 Å². The smallest absolute Gasteiger partial charge is 0.311 e. The average Bonchev–Trinajstić information content (AvgIpc) is 2.85.